The van der Waals surface area contributed by atoms with Gasteiger partial charge in [0.05, 0.1) is 24.4 Å². The van der Waals surface area contributed by atoms with Crippen molar-refractivity contribution in [3.8, 4) is 5.75 Å². The van der Waals surface area contributed by atoms with E-state index in [2.05, 4.69) is 0 Å². The van der Waals surface area contributed by atoms with E-state index in [4.69, 9.17) is 8.83 Å². The number of fused-ring (bicyclic) bond motifs is 1. The molecule has 2 aromatic carbocycles. The topological polar surface area (TPSA) is 104 Å². The van der Waals surface area contributed by atoms with Gasteiger partial charge < -0.3 is 23.9 Å². The number of carbonyl (C=O) groups excluding carboxylic acids is 2. The summed E-state index contributed by atoms with van der Waals surface area (Å²) in [5, 5.41) is 21.1. The van der Waals surface area contributed by atoms with E-state index in [0.29, 0.717) is 16.9 Å². The van der Waals surface area contributed by atoms with Gasteiger partial charge in [0.25, 0.3) is 5.91 Å². The predicted molar refractivity (Wildman–Crippen MR) is 110 cm³/mol. The number of phenolic OH excluding ortho intramolecular Hbond substituents is 1. The Balaban J connectivity index is 1.61. The molecule has 1 atom stereocenters. The summed E-state index contributed by atoms with van der Waals surface area (Å²) < 4.78 is 11.1. The van der Waals surface area contributed by atoms with Crippen LogP contribution in [0, 0.1) is 0 Å². The van der Waals surface area contributed by atoms with E-state index in [9.17, 15) is 19.8 Å². The van der Waals surface area contributed by atoms with Crippen molar-refractivity contribution >= 4 is 22.7 Å². The number of aromatic hydroxyl groups is 1. The highest BCUT2D eigenvalue weighted by Crippen LogP contribution is 2.40. The highest BCUT2D eigenvalue weighted by atomic mass is 16.3. The summed E-state index contributed by atoms with van der Waals surface area (Å²) in [4.78, 5) is 27.7. The van der Waals surface area contributed by atoms with Gasteiger partial charge >= 0.3 is 0 Å². The van der Waals surface area contributed by atoms with Crippen LogP contribution in [0.25, 0.3) is 11.0 Å². The quantitative estimate of drug-likeness (QED) is 0.465. The van der Waals surface area contributed by atoms with Crippen molar-refractivity contribution in [1.82, 2.24) is 4.90 Å². The predicted octanol–water partition coefficient (Wildman–Crippen LogP) is 4.51. The fraction of sp³-hybridized carbons (Fsp3) is 0.0833. The van der Waals surface area contributed by atoms with Gasteiger partial charge in [0, 0.05) is 5.39 Å². The molecule has 2 N–H and O–H groups in total. The van der Waals surface area contributed by atoms with E-state index in [-0.39, 0.29) is 23.6 Å². The van der Waals surface area contributed by atoms with Crippen LogP contribution < -0.4 is 0 Å². The smallest absolute Gasteiger partial charge is 0.290 e. The first-order valence-electron chi connectivity index (χ1n) is 9.61. The second kappa shape index (κ2) is 7.21. The number of hydrogen-bond acceptors (Lipinski definition) is 6. The van der Waals surface area contributed by atoms with Crippen molar-refractivity contribution in [2.45, 2.75) is 12.6 Å². The molecule has 0 unspecified atom stereocenters. The summed E-state index contributed by atoms with van der Waals surface area (Å²) in [5.41, 5.74) is 1.01. The molecule has 154 valence electrons. The van der Waals surface area contributed by atoms with Crippen LogP contribution in [0.1, 0.15) is 27.9 Å². The fourth-order valence-corrected chi connectivity index (χ4v) is 3.85. The fourth-order valence-electron chi connectivity index (χ4n) is 3.85. The molecular weight excluding hydrogens is 398 g/mol. The van der Waals surface area contributed by atoms with Crippen LogP contribution in [-0.2, 0) is 11.3 Å². The first-order valence-corrected chi connectivity index (χ1v) is 9.61. The van der Waals surface area contributed by atoms with E-state index in [0.717, 1.165) is 5.39 Å². The van der Waals surface area contributed by atoms with Gasteiger partial charge in [-0.05, 0) is 42.0 Å². The molecule has 31 heavy (non-hydrogen) atoms. The van der Waals surface area contributed by atoms with Crippen molar-refractivity contribution in [3.05, 3.63) is 101 Å². The zero-order chi connectivity index (χ0) is 21.5. The monoisotopic (exact) mass is 415 g/mol. The molecule has 1 aliphatic heterocycles. The number of aliphatic hydroxyl groups excluding tert-OH is 1. The van der Waals surface area contributed by atoms with Gasteiger partial charge in [-0.1, -0.05) is 30.3 Å². The number of phenols is 1. The number of para-hydroxylation sites is 1. The lowest BCUT2D eigenvalue weighted by molar-refractivity contribution is -0.130. The number of benzene rings is 2. The normalized spacial score (nSPS) is 16.5. The first-order chi connectivity index (χ1) is 15.0. The van der Waals surface area contributed by atoms with Crippen molar-refractivity contribution in [3.63, 3.8) is 0 Å². The van der Waals surface area contributed by atoms with Crippen molar-refractivity contribution in [2.75, 3.05) is 0 Å². The number of hydrogen-bond donors (Lipinski definition) is 2. The van der Waals surface area contributed by atoms with Crippen LogP contribution in [-0.4, -0.2) is 26.8 Å². The molecule has 0 radical (unpaired) electrons. The van der Waals surface area contributed by atoms with E-state index in [1.165, 1.54) is 23.3 Å². The van der Waals surface area contributed by atoms with Gasteiger partial charge in [0.1, 0.15) is 17.1 Å². The number of ketones is 1. The van der Waals surface area contributed by atoms with Gasteiger partial charge in [-0.3, -0.25) is 9.59 Å². The zero-order valence-electron chi connectivity index (χ0n) is 16.2. The van der Waals surface area contributed by atoms with Crippen LogP contribution >= 0.6 is 0 Å². The minimum atomic E-state index is -0.876. The Hall–Kier alpha value is -4.26. The van der Waals surface area contributed by atoms with Gasteiger partial charge in [0.2, 0.25) is 5.78 Å². The average molecular weight is 415 g/mol. The van der Waals surface area contributed by atoms with Gasteiger partial charge in [-0.2, -0.15) is 0 Å². The van der Waals surface area contributed by atoms with Crippen LogP contribution in [0.2, 0.25) is 0 Å². The molecule has 2 aromatic heterocycles. The van der Waals surface area contributed by atoms with Crippen LogP contribution in [0.5, 0.6) is 5.75 Å². The lowest BCUT2D eigenvalue weighted by Gasteiger charge is -2.25. The molecule has 3 heterocycles. The average Bonchev–Trinajstić information content (AvgIpc) is 3.49. The highest BCUT2D eigenvalue weighted by molar-refractivity contribution is 6.15. The maximum Gasteiger partial charge on any atom is 0.290 e. The third kappa shape index (κ3) is 3.16. The zero-order valence-corrected chi connectivity index (χ0v) is 16.2. The largest absolute Gasteiger partial charge is 0.508 e. The second-order valence-corrected chi connectivity index (χ2v) is 7.25. The number of furan rings is 2. The molecule has 5 rings (SSSR count). The molecule has 0 saturated carbocycles. The van der Waals surface area contributed by atoms with Crippen LogP contribution in [0.3, 0.4) is 0 Å². The van der Waals surface area contributed by atoms with Crippen LogP contribution in [0.15, 0.2) is 93.2 Å². The SMILES string of the molecule is O=C(C1=C(O)C(=O)N(Cc2ccco2)[C@@H]1c1ccc(O)cc1)c1cc2ccccc2o1. The standard InChI is InChI=1S/C24H17NO6/c26-16-9-7-14(8-10-16)21-20(22(27)19-12-15-4-1-2-6-18(15)31-19)23(28)24(29)25(21)13-17-5-3-11-30-17/h1-12,21,26,28H,13H2/t21-/m1/s1. The summed E-state index contributed by atoms with van der Waals surface area (Å²) in [6.07, 6.45) is 1.49. The second-order valence-electron chi connectivity index (χ2n) is 7.25. The Labute approximate surface area is 176 Å². The molecular formula is C24H17NO6. The van der Waals surface area contributed by atoms with Crippen molar-refractivity contribution in [1.29, 1.82) is 0 Å². The molecule has 7 nitrogen and oxygen atoms in total. The van der Waals surface area contributed by atoms with E-state index >= 15 is 0 Å². The Kier molecular flexibility index (Phi) is 4.36. The number of nitrogens with zero attached hydrogens (tertiary/aromatic N) is 1. The summed E-state index contributed by atoms with van der Waals surface area (Å²) in [5.74, 6) is -1.32. The number of amides is 1. The molecule has 0 aliphatic carbocycles. The molecule has 1 amide bonds. The lowest BCUT2D eigenvalue weighted by Crippen LogP contribution is -2.30. The van der Waals surface area contributed by atoms with Crippen molar-refractivity contribution < 1.29 is 28.6 Å². The number of Topliss-reactive ketones (excluding diaryl/α,β-unsaturated/α-hetero) is 1. The summed E-state index contributed by atoms with van der Waals surface area (Å²) in [6.45, 7) is 0.0539. The maximum atomic E-state index is 13.4. The lowest BCUT2D eigenvalue weighted by atomic mass is 9.95. The van der Waals surface area contributed by atoms with Gasteiger partial charge in [-0.15, -0.1) is 0 Å². The first kappa shape index (κ1) is 18.7. The third-order valence-corrected chi connectivity index (χ3v) is 5.31. The Bertz CT molecular complexity index is 1280. The van der Waals surface area contributed by atoms with Crippen LogP contribution in [0.4, 0.5) is 0 Å². The van der Waals surface area contributed by atoms with Gasteiger partial charge in [0.15, 0.2) is 11.5 Å². The molecule has 0 saturated heterocycles. The molecule has 0 bridgehead atoms. The summed E-state index contributed by atoms with van der Waals surface area (Å²) >= 11 is 0. The van der Waals surface area contributed by atoms with E-state index in [1.54, 1.807) is 42.5 Å². The molecule has 1 aliphatic rings. The molecule has 4 aromatic rings. The summed E-state index contributed by atoms with van der Waals surface area (Å²) in [7, 11) is 0. The van der Waals surface area contributed by atoms with Crippen molar-refractivity contribution in [2.24, 2.45) is 0 Å². The third-order valence-electron chi connectivity index (χ3n) is 5.31. The number of carbonyl (C=O) groups is 2. The Morgan fingerprint density at radius 2 is 1.77 bits per heavy atom. The molecule has 0 fully saturated rings. The molecule has 7 heteroatoms. The van der Waals surface area contributed by atoms with Gasteiger partial charge in [-0.25, -0.2) is 0 Å². The highest BCUT2D eigenvalue weighted by Gasteiger charge is 2.44. The Morgan fingerprint density at radius 1 is 1.00 bits per heavy atom. The minimum absolute atomic E-state index is 0.0270. The molecule has 0 spiro atoms. The Morgan fingerprint density at radius 3 is 2.48 bits per heavy atom. The summed E-state index contributed by atoms with van der Waals surface area (Å²) in [6, 6.07) is 17.4. The van der Waals surface area contributed by atoms with E-state index < -0.39 is 23.5 Å². The number of aliphatic hydroxyl groups is 1. The number of rotatable bonds is 5. The minimum Gasteiger partial charge on any atom is -0.508 e. The maximum absolute atomic E-state index is 13.4. The van der Waals surface area contributed by atoms with E-state index in [1.807, 2.05) is 12.1 Å².